The van der Waals surface area contributed by atoms with E-state index in [4.69, 9.17) is 25.9 Å². The second kappa shape index (κ2) is 16.3. The number of unbranched alkanes of at least 4 members (excludes halogenated alkanes) is 1. The summed E-state index contributed by atoms with van der Waals surface area (Å²) in [5.41, 5.74) is 16.9. The highest BCUT2D eigenvalue weighted by Crippen LogP contribution is 2.70. The molecule has 8 unspecified atom stereocenters. The van der Waals surface area contributed by atoms with Crippen molar-refractivity contribution in [2.45, 2.75) is 134 Å². The molecule has 0 amide bonds. The average Bonchev–Trinajstić information content (AvgIpc) is 3.65. The van der Waals surface area contributed by atoms with E-state index in [1.165, 1.54) is 5.57 Å². The smallest absolute Gasteiger partial charge is 0.186 e. The lowest BCUT2D eigenvalue weighted by Gasteiger charge is -2.62. The number of carbonyl (C=O) groups excluding carboxylic acids is 1. The Balaban J connectivity index is 1.49. The zero-order valence-electron chi connectivity index (χ0n) is 32.4. The lowest BCUT2D eigenvalue weighted by molar-refractivity contribution is -0.114. The summed E-state index contributed by atoms with van der Waals surface area (Å²) in [7, 11) is 1.82. The number of fused-ring (bicyclic) bond motifs is 1. The number of guanidine groups is 1. The second-order valence-corrected chi connectivity index (χ2v) is 16.8. The van der Waals surface area contributed by atoms with Crippen molar-refractivity contribution in [3.05, 3.63) is 76.4 Å². The Morgan fingerprint density at radius 3 is 2.69 bits per heavy atom. The van der Waals surface area contributed by atoms with Gasteiger partial charge in [0.15, 0.2) is 23.2 Å². The highest BCUT2D eigenvalue weighted by Gasteiger charge is 2.61. The maximum absolute atomic E-state index is 13.2. The van der Waals surface area contributed by atoms with Crippen LogP contribution < -0.4 is 16.2 Å². The number of nitrogens with zero attached hydrogens (tertiary/aromatic N) is 1. The molecule has 0 heterocycles. The number of phenolic OH excluding ortho intramolecular Hbond substituents is 2. The summed E-state index contributed by atoms with van der Waals surface area (Å²) >= 11 is 0. The van der Waals surface area contributed by atoms with Gasteiger partial charge in [-0.05, 0) is 129 Å². The van der Waals surface area contributed by atoms with Crippen molar-refractivity contribution < 1.29 is 24.5 Å². The molecule has 2 aromatic carbocycles. The van der Waals surface area contributed by atoms with Crippen LogP contribution in [0.1, 0.15) is 131 Å². The maximum atomic E-state index is 13.2. The summed E-state index contributed by atoms with van der Waals surface area (Å²) in [6.45, 7) is 4.46. The van der Waals surface area contributed by atoms with Gasteiger partial charge >= 0.3 is 0 Å². The van der Waals surface area contributed by atoms with Gasteiger partial charge in [-0.3, -0.25) is 4.79 Å². The van der Waals surface area contributed by atoms with E-state index in [2.05, 4.69) is 37.8 Å². The zero-order chi connectivity index (χ0) is 38.0. The molecule has 8 nitrogen and oxygen atoms in total. The maximum Gasteiger partial charge on any atom is 0.186 e. The minimum Gasteiger partial charge on any atom is -0.508 e. The van der Waals surface area contributed by atoms with Crippen LogP contribution in [0.15, 0.2) is 59.1 Å². The molecule has 4 bridgehead atoms. The van der Waals surface area contributed by atoms with Gasteiger partial charge in [-0.2, -0.15) is 0 Å². The number of allylic oxidation sites excluding steroid dienone is 4. The molecule has 0 radical (unpaired) electrons. The summed E-state index contributed by atoms with van der Waals surface area (Å²) in [6.07, 6.45) is 17.8. The number of aliphatic imine (C=N–C) groups is 1. The fourth-order valence-corrected chi connectivity index (χ4v) is 11.1. The topological polar surface area (TPSA) is 140 Å². The number of aryl methyl sites for hydroxylation is 1. The normalized spacial score (nSPS) is 30.4. The Bertz CT molecular complexity index is 1860. The Morgan fingerprint density at radius 2 is 1.94 bits per heavy atom. The first-order chi connectivity index (χ1) is 26.1. The van der Waals surface area contributed by atoms with Crippen molar-refractivity contribution in [2.24, 2.45) is 39.6 Å². The predicted molar refractivity (Wildman–Crippen MR) is 214 cm³/mol. The molecule has 1 spiro atoms. The Labute approximate surface area is 321 Å². The first kappa shape index (κ1) is 38.1. The summed E-state index contributed by atoms with van der Waals surface area (Å²) in [4.78, 5) is 17.9. The first-order valence-electron chi connectivity index (χ1n) is 20.5. The van der Waals surface area contributed by atoms with Crippen molar-refractivity contribution >= 4 is 11.7 Å². The number of carbonyl (C=O) groups is 1. The molecule has 7 rings (SSSR count). The van der Waals surface area contributed by atoms with Crippen LogP contribution in [0.5, 0.6) is 17.2 Å². The number of nitrogens with two attached hydrogens (primary N) is 2. The van der Waals surface area contributed by atoms with Crippen LogP contribution in [0.4, 0.5) is 0 Å². The molecule has 3 fully saturated rings. The quantitative estimate of drug-likeness (QED) is 0.0599. The second-order valence-electron chi connectivity index (χ2n) is 16.8. The minimum atomic E-state index is -0.301. The third-order valence-corrected chi connectivity index (χ3v) is 13.2. The van der Waals surface area contributed by atoms with E-state index in [-0.39, 0.29) is 70.6 Å². The lowest BCUT2D eigenvalue weighted by Crippen LogP contribution is -2.54. The molecule has 8 heteroatoms. The highest BCUT2D eigenvalue weighted by molar-refractivity contribution is 5.89. The van der Waals surface area contributed by atoms with E-state index in [1.807, 2.05) is 31.4 Å². The summed E-state index contributed by atoms with van der Waals surface area (Å²) in [6, 6.07) is 9.50. The van der Waals surface area contributed by atoms with Crippen LogP contribution in [-0.2, 0) is 16.0 Å². The number of rotatable bonds is 11. The molecule has 6 N–H and O–H groups in total. The van der Waals surface area contributed by atoms with Crippen LogP contribution in [-0.4, -0.2) is 47.3 Å². The van der Waals surface area contributed by atoms with Crippen molar-refractivity contribution in [3.63, 3.8) is 0 Å². The standard InChI is InChI=1S/C46H59N3O5/c1-4-5-6-13-33(50)19-18-30-26-40(54-35-15-7-8-16-35)44(52)42-36(30)17-10-12-32(49-45(47)48)23-31-25-38-37(29-11-9-14-34(51)24-29)22-28(2)27-46(38)21-20-39(53-3)41(31)43(42)46/h6,9,11,13-14,24-26,28,31-32,35,37,39,41,43,51-52H,4-5,7-8,12,15-16,18-23,27H2,1-3H3,(H4,47,48,49). The van der Waals surface area contributed by atoms with Gasteiger partial charge in [0.2, 0.25) is 0 Å². The number of phenols is 2. The molecule has 5 aliphatic carbocycles. The molecular weight excluding hydrogens is 675 g/mol. The van der Waals surface area contributed by atoms with Gasteiger partial charge in [0, 0.05) is 42.9 Å². The van der Waals surface area contributed by atoms with E-state index in [1.54, 1.807) is 12.1 Å². The van der Waals surface area contributed by atoms with Crippen molar-refractivity contribution in [2.75, 3.05) is 7.11 Å². The predicted octanol–water partition coefficient (Wildman–Crippen LogP) is 8.33. The van der Waals surface area contributed by atoms with Gasteiger partial charge in [0.1, 0.15) is 5.75 Å². The van der Waals surface area contributed by atoms with E-state index in [9.17, 15) is 15.0 Å². The number of ether oxygens (including phenoxy) is 2. The van der Waals surface area contributed by atoms with Crippen LogP contribution in [0, 0.1) is 35.0 Å². The molecule has 0 aliphatic heterocycles. The monoisotopic (exact) mass is 733 g/mol. The van der Waals surface area contributed by atoms with E-state index in [0.29, 0.717) is 37.4 Å². The van der Waals surface area contributed by atoms with Crippen molar-refractivity contribution in [1.29, 1.82) is 0 Å². The van der Waals surface area contributed by atoms with E-state index >= 15 is 0 Å². The number of methoxy groups -OCH3 is 1. The highest BCUT2D eigenvalue weighted by atomic mass is 16.5. The van der Waals surface area contributed by atoms with Gasteiger partial charge in [-0.1, -0.05) is 62.0 Å². The average molecular weight is 734 g/mol. The number of hydrogen-bond acceptors (Lipinski definition) is 6. The minimum absolute atomic E-state index is 0.0112. The van der Waals surface area contributed by atoms with Crippen LogP contribution in [0.2, 0.25) is 0 Å². The zero-order valence-corrected chi connectivity index (χ0v) is 32.4. The molecular formula is C46H59N3O5. The SMILES string of the molecule is CCCC=CC(=O)CCc1cc(OC2CCCC2)c(O)c2c1C#CCC(N=C(N)N)CC1C=C3C(c4cccc(O)c4)CC(C)CC34CCC(OC)C1C24. The fraction of sp³-hybridized carbons (Fsp3) is 0.565. The van der Waals surface area contributed by atoms with E-state index < -0.39 is 0 Å². The molecule has 8 atom stereocenters. The Kier molecular flexibility index (Phi) is 11.5. The summed E-state index contributed by atoms with van der Waals surface area (Å²) in [5.74, 6) is 8.51. The number of benzene rings is 2. The van der Waals surface area contributed by atoms with Gasteiger partial charge < -0.3 is 31.2 Å². The molecule has 288 valence electrons. The third-order valence-electron chi connectivity index (χ3n) is 13.2. The van der Waals surface area contributed by atoms with Crippen molar-refractivity contribution in [3.8, 4) is 29.1 Å². The molecule has 54 heavy (non-hydrogen) atoms. The third kappa shape index (κ3) is 7.54. The Morgan fingerprint density at radius 1 is 1.13 bits per heavy atom. The van der Waals surface area contributed by atoms with Crippen molar-refractivity contribution in [1.82, 2.24) is 0 Å². The van der Waals surface area contributed by atoms with Crippen LogP contribution >= 0.6 is 0 Å². The van der Waals surface area contributed by atoms with Gasteiger partial charge in [-0.25, -0.2) is 4.99 Å². The van der Waals surface area contributed by atoms with E-state index in [0.717, 1.165) is 86.5 Å². The van der Waals surface area contributed by atoms with Crippen LogP contribution in [0.3, 0.4) is 0 Å². The number of hydrogen-bond donors (Lipinski definition) is 4. The first-order valence-corrected chi connectivity index (χ1v) is 20.5. The number of ketones is 1. The Hall–Kier alpha value is -4.22. The largest absolute Gasteiger partial charge is 0.508 e. The van der Waals surface area contributed by atoms with Crippen LogP contribution in [0.25, 0.3) is 0 Å². The van der Waals surface area contributed by atoms with Gasteiger partial charge in [0.05, 0.1) is 18.2 Å². The summed E-state index contributed by atoms with van der Waals surface area (Å²) in [5, 5.41) is 23.5. The molecule has 3 saturated carbocycles. The van der Waals surface area contributed by atoms with Gasteiger partial charge in [0.25, 0.3) is 0 Å². The lowest BCUT2D eigenvalue weighted by atomic mass is 9.43. The summed E-state index contributed by atoms with van der Waals surface area (Å²) < 4.78 is 13.2. The van der Waals surface area contributed by atoms with Gasteiger partial charge in [-0.15, -0.1) is 0 Å². The fourth-order valence-electron chi connectivity index (χ4n) is 11.1. The molecule has 5 aliphatic rings. The molecule has 0 saturated heterocycles. The number of aromatic hydroxyl groups is 2. The molecule has 2 aromatic rings. The molecule has 0 aromatic heterocycles.